The number of nitrogens with one attached hydrogen (secondary N) is 1. The van der Waals surface area contributed by atoms with Gasteiger partial charge in [0.05, 0.1) is 48.4 Å². The summed E-state index contributed by atoms with van der Waals surface area (Å²) in [6.07, 6.45) is 1.19. The van der Waals surface area contributed by atoms with Gasteiger partial charge in [-0.25, -0.2) is 0 Å². The number of rotatable bonds is 8. The highest BCUT2D eigenvalue weighted by molar-refractivity contribution is 6.34. The fourth-order valence-electron chi connectivity index (χ4n) is 4.48. The van der Waals surface area contributed by atoms with Crippen LogP contribution in [0, 0.1) is 0 Å². The molecule has 1 atom stereocenters. The summed E-state index contributed by atoms with van der Waals surface area (Å²) in [6, 6.07) is 17.1. The summed E-state index contributed by atoms with van der Waals surface area (Å²) in [7, 11) is 1.48. The van der Waals surface area contributed by atoms with E-state index in [1.54, 1.807) is 60.4 Å². The quantitative estimate of drug-likeness (QED) is 0.193. The van der Waals surface area contributed by atoms with Gasteiger partial charge in [-0.1, -0.05) is 35.3 Å². The van der Waals surface area contributed by atoms with Crippen LogP contribution in [0.15, 0.2) is 65.7 Å². The lowest BCUT2D eigenvalue weighted by molar-refractivity contribution is 0.0531. The average molecular weight is 569 g/mol. The van der Waals surface area contributed by atoms with Gasteiger partial charge in [-0.2, -0.15) is 0 Å². The lowest BCUT2D eigenvalue weighted by Crippen LogP contribution is -2.32. The SMILES string of the molecule is COc1cc(NC(=O)c2ccccc2Cl)ccc1C(=O)N1CCCC(OCCN=C(C)N)c2cc(Cl)ccc21. The molecule has 0 aromatic heterocycles. The molecule has 10 heteroatoms. The van der Waals surface area contributed by atoms with Crippen molar-refractivity contribution in [1.82, 2.24) is 0 Å². The van der Waals surface area contributed by atoms with Gasteiger partial charge in [0, 0.05) is 34.6 Å². The minimum absolute atomic E-state index is 0.233. The number of anilines is 2. The summed E-state index contributed by atoms with van der Waals surface area (Å²) in [5.74, 6) is 0.240. The zero-order valence-corrected chi connectivity index (χ0v) is 23.3. The van der Waals surface area contributed by atoms with Gasteiger partial charge in [0.25, 0.3) is 11.8 Å². The first-order valence-corrected chi connectivity index (χ1v) is 13.3. The van der Waals surface area contributed by atoms with Crippen LogP contribution in [0.4, 0.5) is 11.4 Å². The Balaban J connectivity index is 1.58. The highest BCUT2D eigenvalue weighted by Gasteiger charge is 2.29. The van der Waals surface area contributed by atoms with Crippen molar-refractivity contribution in [3.63, 3.8) is 0 Å². The second kappa shape index (κ2) is 13.0. The molecular formula is C29H30Cl2N4O4. The molecule has 3 N–H and O–H groups in total. The first-order chi connectivity index (χ1) is 18.8. The number of benzene rings is 3. The van der Waals surface area contributed by atoms with Crippen LogP contribution >= 0.6 is 23.2 Å². The molecule has 0 radical (unpaired) electrons. The van der Waals surface area contributed by atoms with Gasteiger partial charge in [-0.3, -0.25) is 14.6 Å². The average Bonchev–Trinajstić information content (AvgIpc) is 3.09. The second-order valence-electron chi connectivity index (χ2n) is 9.03. The van der Waals surface area contributed by atoms with E-state index in [4.69, 9.17) is 38.4 Å². The highest BCUT2D eigenvalue weighted by Crippen LogP contribution is 2.38. The Labute approximate surface area is 237 Å². The molecule has 1 aliphatic rings. The predicted molar refractivity (Wildman–Crippen MR) is 156 cm³/mol. The van der Waals surface area contributed by atoms with Gasteiger partial charge in [0.2, 0.25) is 0 Å². The van der Waals surface area contributed by atoms with Crippen molar-refractivity contribution >= 4 is 52.2 Å². The van der Waals surface area contributed by atoms with Crippen molar-refractivity contribution in [2.45, 2.75) is 25.9 Å². The van der Waals surface area contributed by atoms with E-state index in [2.05, 4.69) is 10.3 Å². The number of ether oxygens (including phenoxy) is 2. The third-order valence-electron chi connectivity index (χ3n) is 6.30. The number of nitrogens with two attached hydrogens (primary N) is 1. The molecule has 0 saturated heterocycles. The Kier molecular flexibility index (Phi) is 9.45. The van der Waals surface area contributed by atoms with Crippen LogP contribution in [0.3, 0.4) is 0 Å². The molecule has 204 valence electrons. The van der Waals surface area contributed by atoms with E-state index in [1.807, 2.05) is 12.1 Å². The molecule has 0 saturated carbocycles. The maximum Gasteiger partial charge on any atom is 0.262 e. The Bertz CT molecular complexity index is 1390. The van der Waals surface area contributed by atoms with Gasteiger partial charge in [-0.15, -0.1) is 0 Å². The summed E-state index contributed by atoms with van der Waals surface area (Å²) in [5.41, 5.74) is 8.37. The lowest BCUT2D eigenvalue weighted by atomic mass is 10.0. The molecule has 2 amide bonds. The Morgan fingerprint density at radius 1 is 1.10 bits per heavy atom. The van der Waals surface area contributed by atoms with E-state index in [0.29, 0.717) is 64.6 Å². The smallest absolute Gasteiger partial charge is 0.262 e. The third-order valence-corrected chi connectivity index (χ3v) is 6.86. The Morgan fingerprint density at radius 2 is 1.90 bits per heavy atom. The monoisotopic (exact) mass is 568 g/mol. The van der Waals surface area contributed by atoms with Crippen LogP contribution in [0.25, 0.3) is 0 Å². The van der Waals surface area contributed by atoms with E-state index < -0.39 is 0 Å². The lowest BCUT2D eigenvalue weighted by Gasteiger charge is -2.25. The van der Waals surface area contributed by atoms with E-state index in [9.17, 15) is 9.59 Å². The Hall–Kier alpha value is -3.59. The van der Waals surface area contributed by atoms with Crippen LogP contribution in [0.5, 0.6) is 5.75 Å². The molecule has 1 heterocycles. The molecule has 0 fully saturated rings. The minimum Gasteiger partial charge on any atom is -0.496 e. The second-order valence-corrected chi connectivity index (χ2v) is 9.88. The van der Waals surface area contributed by atoms with Gasteiger partial charge in [0.15, 0.2) is 0 Å². The molecule has 3 aromatic carbocycles. The van der Waals surface area contributed by atoms with Crippen LogP contribution in [0.1, 0.15) is 52.1 Å². The molecular weight excluding hydrogens is 539 g/mol. The van der Waals surface area contributed by atoms with Crippen molar-refractivity contribution in [2.24, 2.45) is 10.7 Å². The van der Waals surface area contributed by atoms with E-state index in [1.165, 1.54) is 7.11 Å². The molecule has 4 rings (SSSR count). The van der Waals surface area contributed by atoms with Crippen molar-refractivity contribution < 1.29 is 19.1 Å². The Morgan fingerprint density at radius 3 is 2.64 bits per heavy atom. The van der Waals surface area contributed by atoms with Gasteiger partial charge in [0.1, 0.15) is 5.75 Å². The maximum absolute atomic E-state index is 13.9. The number of nitrogens with zero attached hydrogens (tertiary/aromatic N) is 2. The van der Waals surface area contributed by atoms with Crippen LogP contribution < -0.4 is 20.7 Å². The van der Waals surface area contributed by atoms with Gasteiger partial charge < -0.3 is 25.4 Å². The van der Waals surface area contributed by atoms with Crippen LogP contribution in [0.2, 0.25) is 10.0 Å². The zero-order valence-electron chi connectivity index (χ0n) is 21.7. The fourth-order valence-corrected chi connectivity index (χ4v) is 4.88. The van der Waals surface area contributed by atoms with E-state index >= 15 is 0 Å². The van der Waals surface area contributed by atoms with E-state index in [-0.39, 0.29) is 17.9 Å². The predicted octanol–water partition coefficient (Wildman–Crippen LogP) is 6.13. The minimum atomic E-state index is -0.363. The summed E-state index contributed by atoms with van der Waals surface area (Å²) in [4.78, 5) is 32.5. The molecule has 1 aliphatic heterocycles. The maximum atomic E-state index is 13.9. The van der Waals surface area contributed by atoms with Crippen molar-refractivity contribution in [2.75, 3.05) is 37.0 Å². The molecule has 1 unspecified atom stereocenters. The standard InChI is InChI=1S/C29H30Cl2N4O4/c1-18(32)33-13-15-39-26-8-5-14-35(25-12-9-19(30)16-23(25)26)29(37)22-11-10-20(17-27(22)38-2)34-28(36)21-6-3-4-7-24(21)31/h3-4,6-7,9-12,16-17,26H,5,8,13-15H2,1-2H3,(H2,32,33)(H,34,36). The molecule has 0 spiro atoms. The first-order valence-electron chi connectivity index (χ1n) is 12.5. The number of aliphatic imine (C=N–C) groups is 1. The van der Waals surface area contributed by atoms with Gasteiger partial charge in [-0.05, 0) is 62.2 Å². The van der Waals surface area contributed by atoms with Crippen molar-refractivity contribution in [3.05, 3.63) is 87.4 Å². The van der Waals surface area contributed by atoms with Crippen molar-refractivity contribution in [3.8, 4) is 5.75 Å². The zero-order chi connectivity index (χ0) is 27.9. The molecule has 8 nitrogen and oxygen atoms in total. The number of amidine groups is 1. The summed E-state index contributed by atoms with van der Waals surface area (Å²) in [6.45, 7) is 3.07. The number of fused-ring (bicyclic) bond motifs is 1. The molecule has 0 bridgehead atoms. The number of hydrogen-bond donors (Lipinski definition) is 2. The molecule has 0 aliphatic carbocycles. The molecule has 39 heavy (non-hydrogen) atoms. The number of methoxy groups -OCH3 is 1. The molecule has 3 aromatic rings. The topological polar surface area (TPSA) is 106 Å². The summed E-state index contributed by atoms with van der Waals surface area (Å²) in [5, 5.41) is 3.72. The number of halogens is 2. The highest BCUT2D eigenvalue weighted by atomic mass is 35.5. The first kappa shape index (κ1) is 28.4. The van der Waals surface area contributed by atoms with Crippen LogP contribution in [-0.2, 0) is 4.74 Å². The largest absolute Gasteiger partial charge is 0.496 e. The van der Waals surface area contributed by atoms with Crippen LogP contribution in [-0.4, -0.2) is 44.5 Å². The number of hydrogen-bond acceptors (Lipinski definition) is 5. The normalized spacial score (nSPS) is 15.3. The number of carbonyl (C=O) groups excluding carboxylic acids is 2. The van der Waals surface area contributed by atoms with E-state index in [0.717, 1.165) is 17.7 Å². The number of carbonyl (C=O) groups is 2. The van der Waals surface area contributed by atoms with Crippen molar-refractivity contribution in [1.29, 1.82) is 0 Å². The van der Waals surface area contributed by atoms with Gasteiger partial charge >= 0.3 is 0 Å². The number of amides is 2. The fraction of sp³-hybridized carbons (Fsp3) is 0.276. The third kappa shape index (κ3) is 6.89. The summed E-state index contributed by atoms with van der Waals surface area (Å²) >= 11 is 12.5. The summed E-state index contributed by atoms with van der Waals surface area (Å²) < 4.78 is 11.7.